The highest BCUT2D eigenvalue weighted by molar-refractivity contribution is 7.90. The summed E-state index contributed by atoms with van der Waals surface area (Å²) >= 11 is 0. The molecule has 2 aromatic carbocycles. The van der Waals surface area contributed by atoms with E-state index < -0.39 is 10.0 Å². The third-order valence-corrected chi connectivity index (χ3v) is 5.13. The zero-order chi connectivity index (χ0) is 15.0. The second kappa shape index (κ2) is 4.93. The molecular formula is C16H16N2O2S. The van der Waals surface area contributed by atoms with Gasteiger partial charge in [0, 0.05) is 25.7 Å². The highest BCUT2D eigenvalue weighted by Gasteiger charge is 2.21. The quantitative estimate of drug-likeness (QED) is 0.747. The summed E-state index contributed by atoms with van der Waals surface area (Å²) in [7, 11) is 0.220. The number of para-hydroxylation sites is 1. The zero-order valence-electron chi connectivity index (χ0n) is 11.9. The number of aromatic nitrogens is 1. The second-order valence-electron chi connectivity index (χ2n) is 5.04. The van der Waals surface area contributed by atoms with Crippen LogP contribution >= 0.6 is 0 Å². The molecule has 0 bridgehead atoms. The van der Waals surface area contributed by atoms with Crippen molar-refractivity contribution < 1.29 is 8.42 Å². The summed E-state index contributed by atoms with van der Waals surface area (Å²) in [6, 6.07) is 16.0. The first-order chi connectivity index (χ1) is 10.0. The van der Waals surface area contributed by atoms with Gasteiger partial charge >= 0.3 is 0 Å². The molecule has 4 nitrogen and oxygen atoms in total. The van der Waals surface area contributed by atoms with Crippen molar-refractivity contribution in [3.8, 4) is 0 Å². The van der Waals surface area contributed by atoms with Gasteiger partial charge < -0.3 is 4.90 Å². The van der Waals surface area contributed by atoms with Gasteiger partial charge in [-0.1, -0.05) is 36.4 Å². The molecule has 0 aliphatic heterocycles. The molecule has 0 spiro atoms. The maximum absolute atomic E-state index is 12.8. The van der Waals surface area contributed by atoms with Crippen LogP contribution in [0, 0.1) is 0 Å². The maximum Gasteiger partial charge on any atom is 0.268 e. The molecule has 0 aliphatic rings. The number of anilines is 1. The van der Waals surface area contributed by atoms with E-state index in [1.807, 2.05) is 43.3 Å². The Morgan fingerprint density at radius 1 is 0.905 bits per heavy atom. The Bertz CT molecular complexity index is 881. The van der Waals surface area contributed by atoms with E-state index in [9.17, 15) is 8.42 Å². The number of nitrogens with zero attached hydrogens (tertiary/aromatic N) is 2. The topological polar surface area (TPSA) is 42.3 Å². The van der Waals surface area contributed by atoms with Crippen LogP contribution in [0.25, 0.3) is 10.9 Å². The van der Waals surface area contributed by atoms with Crippen LogP contribution in [0.15, 0.2) is 65.7 Å². The van der Waals surface area contributed by atoms with E-state index in [0.717, 1.165) is 11.1 Å². The minimum atomic E-state index is -3.59. The maximum atomic E-state index is 12.8. The Balaban J connectivity index is 2.31. The second-order valence-corrected chi connectivity index (χ2v) is 6.85. The van der Waals surface area contributed by atoms with Gasteiger partial charge in [0.15, 0.2) is 0 Å². The fourth-order valence-corrected chi connectivity index (χ4v) is 3.78. The summed E-state index contributed by atoms with van der Waals surface area (Å²) in [4.78, 5) is 2.20. The van der Waals surface area contributed by atoms with Gasteiger partial charge in [0.05, 0.1) is 16.1 Å². The van der Waals surface area contributed by atoms with E-state index in [1.165, 1.54) is 3.97 Å². The Kier molecular flexibility index (Phi) is 3.22. The molecule has 0 unspecified atom stereocenters. The molecule has 0 aliphatic carbocycles. The van der Waals surface area contributed by atoms with Crippen LogP contribution < -0.4 is 4.90 Å². The Morgan fingerprint density at radius 2 is 1.52 bits per heavy atom. The molecule has 5 heteroatoms. The average molecular weight is 300 g/mol. The summed E-state index contributed by atoms with van der Waals surface area (Å²) < 4.78 is 27.0. The zero-order valence-corrected chi connectivity index (χ0v) is 12.7. The van der Waals surface area contributed by atoms with Crippen molar-refractivity contribution in [2.24, 2.45) is 0 Å². The Labute approximate surface area is 124 Å². The van der Waals surface area contributed by atoms with Crippen LogP contribution in [0.4, 0.5) is 5.69 Å². The lowest BCUT2D eigenvalue weighted by Crippen LogP contribution is -2.12. The molecule has 0 radical (unpaired) electrons. The third-order valence-electron chi connectivity index (χ3n) is 3.44. The molecule has 0 amide bonds. The molecule has 0 N–H and O–H groups in total. The predicted octanol–water partition coefficient (Wildman–Crippen LogP) is 2.94. The van der Waals surface area contributed by atoms with E-state index in [4.69, 9.17) is 0 Å². The highest BCUT2D eigenvalue weighted by Crippen LogP contribution is 2.30. The van der Waals surface area contributed by atoms with Crippen molar-refractivity contribution in [2.75, 3.05) is 19.0 Å². The fraction of sp³-hybridized carbons (Fsp3) is 0.125. The lowest BCUT2D eigenvalue weighted by molar-refractivity contribution is 0.589. The Morgan fingerprint density at radius 3 is 2.19 bits per heavy atom. The van der Waals surface area contributed by atoms with Gasteiger partial charge in [0.1, 0.15) is 0 Å². The van der Waals surface area contributed by atoms with Crippen LogP contribution in [0.3, 0.4) is 0 Å². The SMILES string of the molecule is CN(C)c1cn(S(=O)(=O)c2ccccc2)c2ccccc12. The first kappa shape index (κ1) is 13.7. The van der Waals surface area contributed by atoms with E-state index in [-0.39, 0.29) is 4.90 Å². The van der Waals surface area contributed by atoms with Gasteiger partial charge in [-0.3, -0.25) is 0 Å². The standard InChI is InChI=1S/C16H16N2O2S/c1-17(2)16-12-18(15-11-7-6-10-14(15)16)21(19,20)13-8-4-3-5-9-13/h3-12H,1-2H3. The lowest BCUT2D eigenvalue weighted by Gasteiger charge is -2.09. The third kappa shape index (κ3) is 2.19. The fourth-order valence-electron chi connectivity index (χ4n) is 2.39. The molecule has 0 atom stereocenters. The summed E-state index contributed by atoms with van der Waals surface area (Å²) in [5.74, 6) is 0. The van der Waals surface area contributed by atoms with Crippen molar-refractivity contribution in [3.63, 3.8) is 0 Å². The molecule has 0 saturated carbocycles. The van der Waals surface area contributed by atoms with Gasteiger partial charge in [-0.15, -0.1) is 0 Å². The summed E-state index contributed by atoms with van der Waals surface area (Å²) in [5.41, 5.74) is 1.56. The smallest absolute Gasteiger partial charge is 0.268 e. The van der Waals surface area contributed by atoms with Crippen LogP contribution in [-0.4, -0.2) is 26.5 Å². The van der Waals surface area contributed by atoms with Crippen molar-refractivity contribution in [3.05, 3.63) is 60.8 Å². The molecule has 3 rings (SSSR count). The number of hydrogen-bond donors (Lipinski definition) is 0. The summed E-state index contributed by atoms with van der Waals surface area (Å²) in [5, 5.41) is 0.919. The molecular weight excluding hydrogens is 284 g/mol. The van der Waals surface area contributed by atoms with Crippen molar-refractivity contribution in [1.29, 1.82) is 0 Å². The van der Waals surface area contributed by atoms with E-state index in [1.54, 1.807) is 36.5 Å². The molecule has 3 aromatic rings. The summed E-state index contributed by atoms with van der Waals surface area (Å²) in [6.07, 6.45) is 1.67. The normalized spacial score (nSPS) is 11.7. The first-order valence-corrected chi connectivity index (χ1v) is 8.04. The van der Waals surface area contributed by atoms with Crippen molar-refractivity contribution in [1.82, 2.24) is 3.97 Å². The Hall–Kier alpha value is -2.27. The lowest BCUT2D eigenvalue weighted by atomic mass is 10.2. The van der Waals surface area contributed by atoms with Gasteiger partial charge in [0.2, 0.25) is 0 Å². The van der Waals surface area contributed by atoms with E-state index >= 15 is 0 Å². The minimum absolute atomic E-state index is 0.288. The molecule has 0 saturated heterocycles. The number of benzene rings is 2. The van der Waals surface area contributed by atoms with Gasteiger partial charge in [-0.05, 0) is 18.2 Å². The number of hydrogen-bond acceptors (Lipinski definition) is 3. The average Bonchev–Trinajstić information content (AvgIpc) is 2.88. The first-order valence-electron chi connectivity index (χ1n) is 6.60. The predicted molar refractivity (Wildman–Crippen MR) is 85.3 cm³/mol. The number of fused-ring (bicyclic) bond motifs is 1. The summed E-state index contributed by atoms with van der Waals surface area (Å²) in [6.45, 7) is 0. The molecule has 108 valence electrons. The van der Waals surface area contributed by atoms with E-state index in [2.05, 4.69) is 0 Å². The van der Waals surface area contributed by atoms with Crippen molar-refractivity contribution >= 4 is 26.6 Å². The largest absolute Gasteiger partial charge is 0.376 e. The van der Waals surface area contributed by atoms with Gasteiger partial charge in [-0.2, -0.15) is 0 Å². The van der Waals surface area contributed by atoms with Crippen LogP contribution in [0.1, 0.15) is 0 Å². The minimum Gasteiger partial charge on any atom is -0.376 e. The molecule has 1 aromatic heterocycles. The van der Waals surface area contributed by atoms with Gasteiger partial charge in [0.25, 0.3) is 10.0 Å². The van der Waals surface area contributed by atoms with Crippen molar-refractivity contribution in [2.45, 2.75) is 4.90 Å². The van der Waals surface area contributed by atoms with Gasteiger partial charge in [-0.25, -0.2) is 12.4 Å². The highest BCUT2D eigenvalue weighted by atomic mass is 32.2. The molecule has 1 heterocycles. The van der Waals surface area contributed by atoms with Crippen LogP contribution in [0.2, 0.25) is 0 Å². The van der Waals surface area contributed by atoms with Crippen LogP contribution in [0.5, 0.6) is 0 Å². The van der Waals surface area contributed by atoms with E-state index in [0.29, 0.717) is 5.52 Å². The number of rotatable bonds is 3. The monoisotopic (exact) mass is 300 g/mol. The van der Waals surface area contributed by atoms with Crippen LogP contribution in [-0.2, 0) is 10.0 Å². The molecule has 0 fully saturated rings. The molecule has 21 heavy (non-hydrogen) atoms.